The van der Waals surface area contributed by atoms with Crippen molar-refractivity contribution in [2.24, 2.45) is 0 Å². The summed E-state index contributed by atoms with van der Waals surface area (Å²) in [6, 6.07) is 11.8. The zero-order valence-electron chi connectivity index (χ0n) is 11.8. The SMILES string of the molecule is CCNCc1ccc(C)cc1-c1ccc(C)c(F)c1. The third-order valence-corrected chi connectivity index (χ3v) is 3.31. The van der Waals surface area contributed by atoms with Crippen molar-refractivity contribution in [3.63, 3.8) is 0 Å². The molecule has 0 atom stereocenters. The van der Waals surface area contributed by atoms with Crippen LogP contribution in [0.15, 0.2) is 36.4 Å². The fraction of sp³-hybridized carbons (Fsp3) is 0.294. The van der Waals surface area contributed by atoms with Gasteiger partial charge in [-0.25, -0.2) is 4.39 Å². The second-order valence-corrected chi connectivity index (χ2v) is 4.90. The van der Waals surface area contributed by atoms with E-state index in [1.165, 1.54) is 11.1 Å². The summed E-state index contributed by atoms with van der Waals surface area (Å²) in [5.74, 6) is -0.145. The first-order chi connectivity index (χ1) is 9.11. The van der Waals surface area contributed by atoms with Gasteiger partial charge in [0, 0.05) is 6.54 Å². The van der Waals surface area contributed by atoms with E-state index in [1.807, 2.05) is 12.1 Å². The zero-order chi connectivity index (χ0) is 13.8. The second kappa shape index (κ2) is 5.98. The third-order valence-electron chi connectivity index (χ3n) is 3.31. The monoisotopic (exact) mass is 257 g/mol. The molecule has 0 aliphatic heterocycles. The fourth-order valence-electron chi connectivity index (χ4n) is 2.13. The van der Waals surface area contributed by atoms with Gasteiger partial charge < -0.3 is 5.32 Å². The summed E-state index contributed by atoms with van der Waals surface area (Å²) in [6.07, 6.45) is 0. The summed E-state index contributed by atoms with van der Waals surface area (Å²) < 4.78 is 13.7. The van der Waals surface area contributed by atoms with Crippen LogP contribution in [0, 0.1) is 19.7 Å². The van der Waals surface area contributed by atoms with Gasteiger partial charge >= 0.3 is 0 Å². The lowest BCUT2D eigenvalue weighted by Gasteiger charge is -2.12. The topological polar surface area (TPSA) is 12.0 Å². The minimum absolute atomic E-state index is 0.145. The molecule has 0 spiro atoms. The fourth-order valence-corrected chi connectivity index (χ4v) is 2.13. The molecule has 0 fully saturated rings. The highest BCUT2D eigenvalue weighted by Crippen LogP contribution is 2.26. The molecule has 0 saturated carbocycles. The molecule has 0 aliphatic carbocycles. The van der Waals surface area contributed by atoms with Gasteiger partial charge in [0.1, 0.15) is 5.82 Å². The van der Waals surface area contributed by atoms with Gasteiger partial charge in [0.25, 0.3) is 0 Å². The third kappa shape index (κ3) is 3.21. The molecule has 1 N–H and O–H groups in total. The molecule has 0 aliphatic rings. The lowest BCUT2D eigenvalue weighted by atomic mass is 9.96. The largest absolute Gasteiger partial charge is 0.313 e. The Hall–Kier alpha value is -1.67. The number of hydrogen-bond donors (Lipinski definition) is 1. The maximum atomic E-state index is 13.7. The van der Waals surface area contributed by atoms with Crippen molar-refractivity contribution in [1.29, 1.82) is 0 Å². The Kier molecular flexibility index (Phi) is 4.33. The lowest BCUT2D eigenvalue weighted by molar-refractivity contribution is 0.619. The average molecular weight is 257 g/mol. The molecule has 0 unspecified atom stereocenters. The summed E-state index contributed by atoms with van der Waals surface area (Å²) >= 11 is 0. The average Bonchev–Trinajstić information content (AvgIpc) is 2.40. The predicted octanol–water partition coefficient (Wildman–Crippen LogP) is 4.22. The molecule has 0 saturated heterocycles. The Balaban J connectivity index is 2.46. The van der Waals surface area contributed by atoms with E-state index in [-0.39, 0.29) is 5.82 Å². The van der Waals surface area contributed by atoms with Gasteiger partial charge in [0.2, 0.25) is 0 Å². The summed E-state index contributed by atoms with van der Waals surface area (Å²) in [5, 5.41) is 3.33. The number of hydrogen-bond acceptors (Lipinski definition) is 1. The summed E-state index contributed by atoms with van der Waals surface area (Å²) in [5.41, 5.74) is 5.14. The molecule has 2 aromatic carbocycles. The first-order valence-corrected chi connectivity index (χ1v) is 6.68. The van der Waals surface area contributed by atoms with E-state index in [1.54, 1.807) is 13.0 Å². The van der Waals surface area contributed by atoms with Crippen molar-refractivity contribution in [3.8, 4) is 11.1 Å². The second-order valence-electron chi connectivity index (χ2n) is 4.90. The zero-order valence-corrected chi connectivity index (χ0v) is 11.8. The first kappa shape index (κ1) is 13.8. The van der Waals surface area contributed by atoms with Gasteiger partial charge in [-0.05, 0) is 48.7 Å². The van der Waals surface area contributed by atoms with Crippen LogP contribution in [0.2, 0.25) is 0 Å². The molecule has 0 heterocycles. The van der Waals surface area contributed by atoms with Crippen LogP contribution in [0.25, 0.3) is 11.1 Å². The van der Waals surface area contributed by atoms with Crippen LogP contribution in [-0.4, -0.2) is 6.54 Å². The Labute approximate surface area is 114 Å². The Morgan fingerprint density at radius 1 is 1.05 bits per heavy atom. The Morgan fingerprint density at radius 2 is 1.84 bits per heavy atom. The quantitative estimate of drug-likeness (QED) is 0.864. The van der Waals surface area contributed by atoms with Crippen LogP contribution in [0.4, 0.5) is 4.39 Å². The van der Waals surface area contributed by atoms with Gasteiger partial charge in [-0.2, -0.15) is 0 Å². The van der Waals surface area contributed by atoms with Crippen molar-refractivity contribution >= 4 is 0 Å². The van der Waals surface area contributed by atoms with E-state index in [0.29, 0.717) is 5.56 Å². The van der Waals surface area contributed by atoms with Crippen LogP contribution in [-0.2, 0) is 6.54 Å². The highest BCUT2D eigenvalue weighted by Gasteiger charge is 2.07. The van der Waals surface area contributed by atoms with Crippen molar-refractivity contribution in [3.05, 3.63) is 58.9 Å². The summed E-state index contributed by atoms with van der Waals surface area (Å²) in [7, 11) is 0. The number of nitrogens with one attached hydrogen (secondary N) is 1. The Bertz CT molecular complexity index is 575. The highest BCUT2D eigenvalue weighted by atomic mass is 19.1. The van der Waals surface area contributed by atoms with Gasteiger partial charge in [-0.1, -0.05) is 42.8 Å². The summed E-state index contributed by atoms with van der Waals surface area (Å²) in [4.78, 5) is 0. The standard InChI is InChI=1S/C17H20FN/c1-4-19-11-15-7-5-12(2)9-16(15)14-8-6-13(3)17(18)10-14/h5-10,19H,4,11H2,1-3H3. The van der Waals surface area contributed by atoms with Gasteiger partial charge in [0.15, 0.2) is 0 Å². The van der Waals surface area contributed by atoms with E-state index in [9.17, 15) is 4.39 Å². The van der Waals surface area contributed by atoms with Crippen molar-refractivity contribution in [1.82, 2.24) is 5.32 Å². The van der Waals surface area contributed by atoms with Crippen LogP contribution < -0.4 is 5.32 Å². The molecular weight excluding hydrogens is 237 g/mol. The van der Waals surface area contributed by atoms with Gasteiger partial charge in [-0.3, -0.25) is 0 Å². The lowest BCUT2D eigenvalue weighted by Crippen LogP contribution is -2.12. The van der Waals surface area contributed by atoms with Gasteiger partial charge in [0.05, 0.1) is 0 Å². The van der Waals surface area contributed by atoms with E-state index in [2.05, 4.69) is 37.4 Å². The molecule has 100 valence electrons. The van der Waals surface area contributed by atoms with Crippen LogP contribution >= 0.6 is 0 Å². The highest BCUT2D eigenvalue weighted by molar-refractivity contribution is 5.68. The van der Waals surface area contributed by atoms with Crippen molar-refractivity contribution in [2.45, 2.75) is 27.3 Å². The van der Waals surface area contributed by atoms with Crippen molar-refractivity contribution in [2.75, 3.05) is 6.54 Å². The van der Waals surface area contributed by atoms with E-state index < -0.39 is 0 Å². The van der Waals surface area contributed by atoms with Crippen LogP contribution in [0.3, 0.4) is 0 Å². The van der Waals surface area contributed by atoms with Crippen LogP contribution in [0.5, 0.6) is 0 Å². The molecule has 0 radical (unpaired) electrons. The Morgan fingerprint density at radius 3 is 2.53 bits per heavy atom. The number of aryl methyl sites for hydroxylation is 2. The molecule has 2 heteroatoms. The molecule has 0 amide bonds. The molecular formula is C17H20FN. The van der Waals surface area contributed by atoms with E-state index in [0.717, 1.165) is 24.2 Å². The normalized spacial score (nSPS) is 10.7. The number of halogens is 1. The smallest absolute Gasteiger partial charge is 0.126 e. The van der Waals surface area contributed by atoms with Crippen molar-refractivity contribution < 1.29 is 4.39 Å². The van der Waals surface area contributed by atoms with Crippen LogP contribution in [0.1, 0.15) is 23.6 Å². The number of rotatable bonds is 4. The minimum Gasteiger partial charge on any atom is -0.313 e. The van der Waals surface area contributed by atoms with E-state index in [4.69, 9.17) is 0 Å². The molecule has 2 aromatic rings. The molecule has 2 rings (SSSR count). The number of benzene rings is 2. The molecule has 0 aromatic heterocycles. The van der Waals surface area contributed by atoms with Gasteiger partial charge in [-0.15, -0.1) is 0 Å². The molecule has 1 nitrogen and oxygen atoms in total. The maximum Gasteiger partial charge on any atom is 0.126 e. The predicted molar refractivity (Wildman–Crippen MR) is 78.7 cm³/mol. The molecule has 19 heavy (non-hydrogen) atoms. The summed E-state index contributed by atoms with van der Waals surface area (Å²) in [6.45, 7) is 7.66. The first-order valence-electron chi connectivity index (χ1n) is 6.68. The van der Waals surface area contributed by atoms with E-state index >= 15 is 0 Å². The minimum atomic E-state index is -0.145. The maximum absolute atomic E-state index is 13.7. The molecule has 0 bridgehead atoms.